The highest BCUT2D eigenvalue weighted by atomic mass is 16.5. The SMILES string of the molecule is COC(=O)CCC(N)c1ccc2nc[nH]c2c1. The highest BCUT2D eigenvalue weighted by Crippen LogP contribution is 2.19. The van der Waals surface area contributed by atoms with Crippen molar-refractivity contribution >= 4 is 17.0 Å². The van der Waals surface area contributed by atoms with Gasteiger partial charge in [0.1, 0.15) is 0 Å². The molecule has 0 bridgehead atoms. The van der Waals surface area contributed by atoms with Gasteiger partial charge in [0.2, 0.25) is 0 Å². The van der Waals surface area contributed by atoms with Gasteiger partial charge in [-0.1, -0.05) is 6.07 Å². The Labute approximate surface area is 99.0 Å². The minimum Gasteiger partial charge on any atom is -0.469 e. The molecule has 1 heterocycles. The van der Waals surface area contributed by atoms with Crippen LogP contribution in [0.4, 0.5) is 0 Å². The summed E-state index contributed by atoms with van der Waals surface area (Å²) in [6, 6.07) is 5.65. The van der Waals surface area contributed by atoms with Crippen LogP contribution in [-0.4, -0.2) is 23.0 Å². The summed E-state index contributed by atoms with van der Waals surface area (Å²) in [5, 5.41) is 0. The van der Waals surface area contributed by atoms with Crippen molar-refractivity contribution in [3.63, 3.8) is 0 Å². The predicted octanol–water partition coefficient (Wildman–Crippen LogP) is 1.52. The average molecular weight is 233 g/mol. The van der Waals surface area contributed by atoms with E-state index >= 15 is 0 Å². The lowest BCUT2D eigenvalue weighted by atomic mass is 10.0. The number of methoxy groups -OCH3 is 1. The Balaban J connectivity index is 2.07. The number of hydrogen-bond acceptors (Lipinski definition) is 4. The number of nitrogens with zero attached hydrogens (tertiary/aromatic N) is 1. The van der Waals surface area contributed by atoms with Crippen LogP contribution in [0.15, 0.2) is 24.5 Å². The lowest BCUT2D eigenvalue weighted by molar-refractivity contribution is -0.140. The Kier molecular flexibility index (Phi) is 3.39. The molecule has 0 fully saturated rings. The van der Waals surface area contributed by atoms with Gasteiger partial charge in [-0.25, -0.2) is 4.98 Å². The third-order valence-corrected chi connectivity index (χ3v) is 2.76. The van der Waals surface area contributed by atoms with E-state index in [-0.39, 0.29) is 12.0 Å². The molecule has 0 aliphatic carbocycles. The largest absolute Gasteiger partial charge is 0.469 e. The predicted molar refractivity (Wildman–Crippen MR) is 64.3 cm³/mol. The second-order valence-corrected chi connectivity index (χ2v) is 3.90. The molecule has 1 unspecified atom stereocenters. The maximum atomic E-state index is 11.0. The lowest BCUT2D eigenvalue weighted by Crippen LogP contribution is -2.13. The van der Waals surface area contributed by atoms with E-state index < -0.39 is 0 Å². The fourth-order valence-electron chi connectivity index (χ4n) is 1.73. The molecule has 1 atom stereocenters. The Morgan fingerprint density at radius 3 is 3.18 bits per heavy atom. The van der Waals surface area contributed by atoms with Crippen molar-refractivity contribution in [2.45, 2.75) is 18.9 Å². The van der Waals surface area contributed by atoms with Crippen LogP contribution < -0.4 is 5.73 Å². The number of imidazole rings is 1. The summed E-state index contributed by atoms with van der Waals surface area (Å²) in [5.41, 5.74) is 8.87. The van der Waals surface area contributed by atoms with Crippen molar-refractivity contribution in [1.29, 1.82) is 0 Å². The monoisotopic (exact) mass is 233 g/mol. The first kappa shape index (κ1) is 11.6. The van der Waals surface area contributed by atoms with Crippen LogP contribution in [-0.2, 0) is 9.53 Å². The molecule has 3 N–H and O–H groups in total. The molecule has 2 rings (SSSR count). The smallest absolute Gasteiger partial charge is 0.305 e. The summed E-state index contributed by atoms with van der Waals surface area (Å²) in [5.74, 6) is -0.233. The van der Waals surface area contributed by atoms with Gasteiger partial charge in [0.05, 0.1) is 24.5 Å². The van der Waals surface area contributed by atoms with Gasteiger partial charge in [-0.15, -0.1) is 0 Å². The maximum absolute atomic E-state index is 11.0. The third kappa shape index (κ3) is 2.62. The second kappa shape index (κ2) is 4.97. The van der Waals surface area contributed by atoms with Crippen LogP contribution in [0.2, 0.25) is 0 Å². The van der Waals surface area contributed by atoms with Gasteiger partial charge >= 0.3 is 5.97 Å². The Bertz CT molecular complexity index is 521. The fraction of sp³-hybridized carbons (Fsp3) is 0.333. The number of esters is 1. The summed E-state index contributed by atoms with van der Waals surface area (Å²) < 4.78 is 4.58. The van der Waals surface area contributed by atoms with Gasteiger partial charge in [0, 0.05) is 12.5 Å². The highest BCUT2D eigenvalue weighted by Gasteiger charge is 2.10. The van der Waals surface area contributed by atoms with Gasteiger partial charge in [0.15, 0.2) is 0 Å². The maximum Gasteiger partial charge on any atom is 0.305 e. The number of carbonyl (C=O) groups excluding carboxylic acids is 1. The van der Waals surface area contributed by atoms with Crippen LogP contribution in [0.5, 0.6) is 0 Å². The minimum atomic E-state index is -0.233. The average Bonchev–Trinajstić information content (AvgIpc) is 2.82. The Morgan fingerprint density at radius 1 is 1.59 bits per heavy atom. The van der Waals surface area contributed by atoms with E-state index in [0.717, 1.165) is 16.6 Å². The topological polar surface area (TPSA) is 81.0 Å². The number of H-pyrrole nitrogens is 1. The van der Waals surface area contributed by atoms with Gasteiger partial charge in [-0.2, -0.15) is 0 Å². The van der Waals surface area contributed by atoms with E-state index in [0.29, 0.717) is 12.8 Å². The van der Waals surface area contributed by atoms with Crippen molar-refractivity contribution in [2.24, 2.45) is 5.73 Å². The van der Waals surface area contributed by atoms with Crippen LogP contribution in [0, 0.1) is 0 Å². The molecule has 17 heavy (non-hydrogen) atoms. The third-order valence-electron chi connectivity index (χ3n) is 2.76. The van der Waals surface area contributed by atoms with E-state index in [9.17, 15) is 4.79 Å². The lowest BCUT2D eigenvalue weighted by Gasteiger charge is -2.11. The summed E-state index contributed by atoms with van der Waals surface area (Å²) in [7, 11) is 1.38. The van der Waals surface area contributed by atoms with Crippen LogP contribution in [0.1, 0.15) is 24.4 Å². The standard InChI is InChI=1S/C12H15N3O2/c1-17-12(16)5-3-9(13)8-2-4-10-11(6-8)15-7-14-10/h2,4,6-7,9H,3,5,13H2,1H3,(H,14,15). The van der Waals surface area contributed by atoms with Crippen molar-refractivity contribution in [1.82, 2.24) is 9.97 Å². The zero-order valence-electron chi connectivity index (χ0n) is 9.64. The number of nitrogens with one attached hydrogen (secondary N) is 1. The van der Waals surface area contributed by atoms with E-state index in [1.807, 2.05) is 18.2 Å². The number of ether oxygens (including phenoxy) is 1. The number of aromatic nitrogens is 2. The molecule has 5 heteroatoms. The number of aromatic amines is 1. The molecule has 0 saturated carbocycles. The summed E-state index contributed by atoms with van der Waals surface area (Å²) in [4.78, 5) is 18.2. The number of fused-ring (bicyclic) bond motifs is 1. The summed E-state index contributed by atoms with van der Waals surface area (Å²) >= 11 is 0. The van der Waals surface area contributed by atoms with E-state index in [4.69, 9.17) is 5.73 Å². The van der Waals surface area contributed by atoms with Gasteiger partial charge in [0.25, 0.3) is 0 Å². The first-order chi connectivity index (χ1) is 8.20. The van der Waals surface area contributed by atoms with Gasteiger partial charge < -0.3 is 15.5 Å². The molecule has 90 valence electrons. The first-order valence-corrected chi connectivity index (χ1v) is 5.46. The number of nitrogens with two attached hydrogens (primary N) is 1. The molecule has 0 spiro atoms. The van der Waals surface area contributed by atoms with Crippen LogP contribution in [0.3, 0.4) is 0 Å². The molecular formula is C12H15N3O2. The van der Waals surface area contributed by atoms with Gasteiger partial charge in [-0.05, 0) is 24.1 Å². The number of benzene rings is 1. The number of carbonyl (C=O) groups is 1. The van der Waals surface area contributed by atoms with Crippen molar-refractivity contribution in [3.05, 3.63) is 30.1 Å². The Hall–Kier alpha value is -1.88. The highest BCUT2D eigenvalue weighted by molar-refractivity contribution is 5.75. The molecular weight excluding hydrogens is 218 g/mol. The molecule has 0 radical (unpaired) electrons. The summed E-state index contributed by atoms with van der Waals surface area (Å²) in [6.07, 6.45) is 2.55. The minimum absolute atomic E-state index is 0.165. The zero-order valence-corrected chi connectivity index (χ0v) is 9.64. The molecule has 0 aliphatic heterocycles. The molecule has 0 amide bonds. The Morgan fingerprint density at radius 2 is 2.41 bits per heavy atom. The molecule has 2 aromatic rings. The van der Waals surface area contributed by atoms with Crippen LogP contribution >= 0.6 is 0 Å². The zero-order chi connectivity index (χ0) is 12.3. The quantitative estimate of drug-likeness (QED) is 0.784. The fourth-order valence-corrected chi connectivity index (χ4v) is 1.73. The van der Waals surface area contributed by atoms with E-state index in [1.165, 1.54) is 7.11 Å². The molecule has 1 aromatic carbocycles. The normalized spacial score (nSPS) is 12.6. The van der Waals surface area contributed by atoms with Crippen molar-refractivity contribution in [3.8, 4) is 0 Å². The number of hydrogen-bond donors (Lipinski definition) is 2. The molecule has 0 saturated heterocycles. The summed E-state index contributed by atoms with van der Waals surface area (Å²) in [6.45, 7) is 0. The van der Waals surface area contributed by atoms with Crippen molar-refractivity contribution < 1.29 is 9.53 Å². The molecule has 0 aliphatic rings. The van der Waals surface area contributed by atoms with Crippen LogP contribution in [0.25, 0.3) is 11.0 Å². The van der Waals surface area contributed by atoms with E-state index in [1.54, 1.807) is 6.33 Å². The molecule has 5 nitrogen and oxygen atoms in total. The van der Waals surface area contributed by atoms with Crippen molar-refractivity contribution in [2.75, 3.05) is 7.11 Å². The number of rotatable bonds is 4. The van der Waals surface area contributed by atoms with E-state index in [2.05, 4.69) is 14.7 Å². The second-order valence-electron chi connectivity index (χ2n) is 3.90. The van der Waals surface area contributed by atoms with Gasteiger partial charge in [-0.3, -0.25) is 4.79 Å². The first-order valence-electron chi connectivity index (χ1n) is 5.46. The molecule has 1 aromatic heterocycles.